The molecule has 0 bridgehead atoms. The molecule has 0 amide bonds. The first-order valence-electron chi connectivity index (χ1n) is 5.45. The number of nitrogens with one attached hydrogen (secondary N) is 1. The maximum Gasteiger partial charge on any atom is 0.224 e. The van der Waals surface area contributed by atoms with Gasteiger partial charge in [0.1, 0.15) is 0 Å². The Bertz CT molecular complexity index is 528. The van der Waals surface area contributed by atoms with E-state index in [1.165, 1.54) is 4.88 Å². The van der Waals surface area contributed by atoms with Gasteiger partial charge in [0.25, 0.3) is 0 Å². The lowest BCUT2D eigenvalue weighted by Crippen LogP contribution is -2.27. The molecule has 0 unspecified atom stereocenters. The Morgan fingerprint density at radius 3 is 2.94 bits per heavy atom. The number of anilines is 1. The maximum absolute atomic E-state index is 13.4. The highest BCUT2D eigenvalue weighted by atomic mass is 35.5. The third-order valence-electron chi connectivity index (χ3n) is 2.60. The molecule has 3 nitrogen and oxygen atoms in total. The highest BCUT2D eigenvalue weighted by Crippen LogP contribution is 2.27. The molecule has 0 atom stereocenters. The zero-order valence-corrected chi connectivity index (χ0v) is 11.6. The Morgan fingerprint density at radius 2 is 2.28 bits per heavy atom. The van der Waals surface area contributed by atoms with Gasteiger partial charge in [-0.25, -0.2) is 9.37 Å². The summed E-state index contributed by atoms with van der Waals surface area (Å²) in [5.74, 6) is -0.360. The number of rotatable bonds is 4. The summed E-state index contributed by atoms with van der Waals surface area (Å²) in [5.41, 5.74) is -0.0992. The summed E-state index contributed by atoms with van der Waals surface area (Å²) in [5, 5.41) is 5.04. The van der Waals surface area contributed by atoms with Crippen molar-refractivity contribution in [3.05, 3.63) is 39.7 Å². The molecular formula is C12H13ClFN3S. The molecule has 2 rings (SSSR count). The monoisotopic (exact) mass is 285 g/mol. The third-order valence-corrected chi connectivity index (χ3v) is 4.02. The topological polar surface area (TPSA) is 37.8 Å². The fourth-order valence-electron chi connectivity index (χ4n) is 1.53. The highest BCUT2D eigenvalue weighted by molar-refractivity contribution is 7.10. The van der Waals surface area contributed by atoms with E-state index in [4.69, 9.17) is 11.6 Å². The number of hydrogen-bond donors (Lipinski definition) is 1. The van der Waals surface area contributed by atoms with Crippen LogP contribution in [0.4, 0.5) is 10.2 Å². The average molecular weight is 286 g/mol. The molecule has 0 spiro atoms. The van der Waals surface area contributed by atoms with E-state index in [0.29, 0.717) is 6.54 Å². The maximum atomic E-state index is 13.4. The molecule has 18 heavy (non-hydrogen) atoms. The van der Waals surface area contributed by atoms with Crippen molar-refractivity contribution in [1.82, 2.24) is 9.97 Å². The standard InChI is InChI=1S/C12H13ClFN3S/c1-12(2,9-4-3-5-18-9)7-16-10-8(14)6-15-11(13)17-10/h3-6H,7H2,1-2H3,(H,15,16,17). The first-order valence-corrected chi connectivity index (χ1v) is 6.71. The van der Waals surface area contributed by atoms with Crippen molar-refractivity contribution in [3.8, 4) is 0 Å². The number of thiophene rings is 1. The Morgan fingerprint density at radius 1 is 1.50 bits per heavy atom. The molecule has 2 heterocycles. The molecular weight excluding hydrogens is 273 g/mol. The molecule has 0 saturated carbocycles. The van der Waals surface area contributed by atoms with Crippen LogP contribution in [0.2, 0.25) is 5.28 Å². The van der Waals surface area contributed by atoms with Crippen LogP contribution >= 0.6 is 22.9 Å². The van der Waals surface area contributed by atoms with Gasteiger partial charge in [0.2, 0.25) is 5.28 Å². The molecule has 96 valence electrons. The van der Waals surface area contributed by atoms with Crippen LogP contribution in [-0.4, -0.2) is 16.5 Å². The minimum Gasteiger partial charge on any atom is -0.367 e. The lowest BCUT2D eigenvalue weighted by molar-refractivity contribution is 0.560. The zero-order valence-electron chi connectivity index (χ0n) is 10.1. The van der Waals surface area contributed by atoms with Crippen molar-refractivity contribution in [1.29, 1.82) is 0 Å². The molecule has 0 aliphatic rings. The number of nitrogens with zero attached hydrogens (tertiary/aromatic N) is 2. The van der Waals surface area contributed by atoms with Crippen LogP contribution in [0.15, 0.2) is 23.7 Å². The van der Waals surface area contributed by atoms with E-state index >= 15 is 0 Å². The molecule has 2 aromatic heterocycles. The summed E-state index contributed by atoms with van der Waals surface area (Å²) in [7, 11) is 0. The van der Waals surface area contributed by atoms with E-state index < -0.39 is 5.82 Å². The molecule has 0 saturated heterocycles. The quantitative estimate of drug-likeness (QED) is 0.870. The van der Waals surface area contributed by atoms with Crippen molar-refractivity contribution in [3.63, 3.8) is 0 Å². The third kappa shape index (κ3) is 2.97. The number of aromatic nitrogens is 2. The van der Waals surface area contributed by atoms with Crippen molar-refractivity contribution in [2.75, 3.05) is 11.9 Å². The largest absolute Gasteiger partial charge is 0.367 e. The second-order valence-corrected chi connectivity index (χ2v) is 5.84. The van der Waals surface area contributed by atoms with Gasteiger partial charge in [-0.2, -0.15) is 4.98 Å². The van der Waals surface area contributed by atoms with Gasteiger partial charge in [-0.3, -0.25) is 0 Å². The van der Waals surface area contributed by atoms with Gasteiger partial charge in [-0.05, 0) is 23.0 Å². The molecule has 0 aliphatic carbocycles. The minimum atomic E-state index is -0.499. The van der Waals surface area contributed by atoms with Gasteiger partial charge in [0, 0.05) is 16.8 Å². The van der Waals surface area contributed by atoms with Gasteiger partial charge in [0.15, 0.2) is 11.6 Å². The smallest absolute Gasteiger partial charge is 0.224 e. The van der Waals surface area contributed by atoms with Gasteiger partial charge in [0.05, 0.1) is 6.20 Å². The lowest BCUT2D eigenvalue weighted by atomic mass is 9.91. The van der Waals surface area contributed by atoms with Crippen molar-refractivity contribution < 1.29 is 4.39 Å². The predicted octanol–water partition coefficient (Wildman–Crippen LogP) is 3.72. The van der Waals surface area contributed by atoms with Crippen LogP contribution in [0, 0.1) is 5.82 Å². The molecule has 1 N–H and O–H groups in total. The summed E-state index contributed by atoms with van der Waals surface area (Å²) in [6.07, 6.45) is 1.07. The molecule has 0 aromatic carbocycles. The molecule has 6 heteroatoms. The van der Waals surface area contributed by atoms with Gasteiger partial charge in [-0.15, -0.1) is 11.3 Å². The van der Waals surface area contributed by atoms with Crippen LogP contribution < -0.4 is 5.32 Å². The number of halogens is 2. The normalized spacial score (nSPS) is 11.6. The molecule has 0 radical (unpaired) electrons. The van der Waals surface area contributed by atoms with E-state index in [1.807, 2.05) is 11.4 Å². The van der Waals surface area contributed by atoms with Crippen LogP contribution in [0.1, 0.15) is 18.7 Å². The fourth-order valence-corrected chi connectivity index (χ4v) is 2.51. The molecule has 0 aliphatic heterocycles. The van der Waals surface area contributed by atoms with Gasteiger partial charge < -0.3 is 5.32 Å². The summed E-state index contributed by atoms with van der Waals surface area (Å²) >= 11 is 7.32. The molecule has 2 aromatic rings. The highest BCUT2D eigenvalue weighted by Gasteiger charge is 2.22. The second kappa shape index (κ2) is 5.20. The first-order chi connectivity index (χ1) is 8.49. The number of hydrogen-bond acceptors (Lipinski definition) is 4. The van der Waals surface area contributed by atoms with Crippen LogP contribution in [-0.2, 0) is 5.41 Å². The summed E-state index contributed by atoms with van der Waals surface area (Å²) in [4.78, 5) is 8.64. The van der Waals surface area contributed by atoms with E-state index in [9.17, 15) is 4.39 Å². The lowest BCUT2D eigenvalue weighted by Gasteiger charge is -2.24. The van der Waals surface area contributed by atoms with Crippen LogP contribution in [0.25, 0.3) is 0 Å². The summed E-state index contributed by atoms with van der Waals surface area (Å²) in [6.45, 7) is 4.75. The second-order valence-electron chi connectivity index (χ2n) is 4.55. The van der Waals surface area contributed by atoms with Gasteiger partial charge in [-0.1, -0.05) is 19.9 Å². The Labute approximate surface area is 114 Å². The van der Waals surface area contributed by atoms with E-state index in [-0.39, 0.29) is 16.5 Å². The van der Waals surface area contributed by atoms with Crippen LogP contribution in [0.5, 0.6) is 0 Å². The summed E-state index contributed by atoms with van der Waals surface area (Å²) < 4.78 is 13.4. The first kappa shape index (κ1) is 13.2. The van der Waals surface area contributed by atoms with Crippen molar-refractivity contribution >= 4 is 28.8 Å². The fraction of sp³-hybridized carbons (Fsp3) is 0.333. The molecule has 0 fully saturated rings. The zero-order chi connectivity index (χ0) is 13.2. The summed E-state index contributed by atoms with van der Waals surface area (Å²) in [6, 6.07) is 4.07. The predicted molar refractivity (Wildman–Crippen MR) is 72.8 cm³/mol. The van der Waals surface area contributed by atoms with Crippen LogP contribution in [0.3, 0.4) is 0 Å². The van der Waals surface area contributed by atoms with E-state index in [2.05, 4.69) is 35.2 Å². The minimum absolute atomic E-state index is 0.0350. The Kier molecular flexibility index (Phi) is 3.82. The Balaban J connectivity index is 2.09. The van der Waals surface area contributed by atoms with Crippen molar-refractivity contribution in [2.45, 2.75) is 19.3 Å². The van der Waals surface area contributed by atoms with Gasteiger partial charge >= 0.3 is 0 Å². The van der Waals surface area contributed by atoms with Crippen molar-refractivity contribution in [2.24, 2.45) is 0 Å². The van der Waals surface area contributed by atoms with E-state index in [1.54, 1.807) is 11.3 Å². The van der Waals surface area contributed by atoms with E-state index in [0.717, 1.165) is 6.20 Å². The Hall–Kier alpha value is -1.20. The average Bonchev–Trinajstić information content (AvgIpc) is 2.85. The SMILES string of the molecule is CC(C)(CNc1nc(Cl)ncc1F)c1cccs1.